The second-order valence-corrected chi connectivity index (χ2v) is 13.2. The van der Waals surface area contributed by atoms with E-state index in [1.54, 1.807) is 18.2 Å². The van der Waals surface area contributed by atoms with Gasteiger partial charge in [-0.25, -0.2) is 18.4 Å². The van der Waals surface area contributed by atoms with Gasteiger partial charge in [-0.05, 0) is 50.6 Å². The highest BCUT2D eigenvalue weighted by Gasteiger charge is 2.36. The smallest absolute Gasteiger partial charge is 0.280 e. The van der Waals surface area contributed by atoms with Crippen molar-refractivity contribution in [3.8, 4) is 5.88 Å². The number of pyridine rings is 1. The number of nitrogens with one attached hydrogen (secondary N) is 1. The zero-order chi connectivity index (χ0) is 28.8. The van der Waals surface area contributed by atoms with E-state index in [4.69, 9.17) is 14.3 Å². The Balaban J connectivity index is 1.28. The average Bonchev–Trinajstić information content (AvgIpc) is 3.58. The van der Waals surface area contributed by atoms with Gasteiger partial charge in [-0.2, -0.15) is 0 Å². The number of hydrogen-bond acceptors (Lipinski definition) is 11. The first-order valence-electron chi connectivity index (χ1n) is 14.0. The van der Waals surface area contributed by atoms with Gasteiger partial charge in [0.05, 0.1) is 30.0 Å². The number of oxime groups is 1. The summed E-state index contributed by atoms with van der Waals surface area (Å²) >= 11 is 1.23. The van der Waals surface area contributed by atoms with Crippen molar-refractivity contribution in [1.29, 1.82) is 0 Å². The molecule has 1 amide bonds. The molecule has 220 valence electrons. The zero-order valence-corrected chi connectivity index (χ0v) is 24.9. The summed E-state index contributed by atoms with van der Waals surface area (Å²) in [6.07, 6.45) is 2.66. The number of anilines is 1. The second-order valence-electron chi connectivity index (χ2n) is 9.98. The predicted octanol–water partition coefficient (Wildman–Crippen LogP) is 3.89. The van der Waals surface area contributed by atoms with Crippen LogP contribution in [0.1, 0.15) is 45.1 Å². The van der Waals surface area contributed by atoms with Gasteiger partial charge in [0.25, 0.3) is 5.91 Å². The average molecular weight is 602 g/mol. The van der Waals surface area contributed by atoms with Crippen LogP contribution in [0.2, 0.25) is 0 Å². The van der Waals surface area contributed by atoms with Crippen molar-refractivity contribution >= 4 is 48.3 Å². The summed E-state index contributed by atoms with van der Waals surface area (Å²) in [5.41, 5.74) is 1.07. The van der Waals surface area contributed by atoms with Crippen LogP contribution in [0.15, 0.2) is 46.4 Å². The number of hydrogen-bond donors (Lipinski definition) is 1. The number of amides is 1. The number of carbonyl (C=O) groups is 1. The number of ether oxygens (including phenoxy) is 2. The molecule has 1 saturated carbocycles. The first-order chi connectivity index (χ1) is 19.9. The fraction of sp³-hybridized carbons (Fsp3) is 0.500. The summed E-state index contributed by atoms with van der Waals surface area (Å²) in [6.45, 7) is 8.79. The summed E-state index contributed by atoms with van der Waals surface area (Å²) in [5, 5.41) is 6.99. The third-order valence-electron chi connectivity index (χ3n) is 7.03. The molecule has 0 bridgehead atoms. The summed E-state index contributed by atoms with van der Waals surface area (Å²) in [7, 11) is -3.35. The number of carbonyl (C=O) groups excluding carboxylic acids is 1. The minimum Gasteiger partial charge on any atom is -0.478 e. The van der Waals surface area contributed by atoms with Gasteiger partial charge in [0.15, 0.2) is 26.8 Å². The number of aromatic nitrogens is 2. The van der Waals surface area contributed by atoms with Crippen LogP contribution >= 0.6 is 11.3 Å². The predicted molar refractivity (Wildman–Crippen MR) is 157 cm³/mol. The van der Waals surface area contributed by atoms with Crippen LogP contribution in [0.5, 0.6) is 5.88 Å². The van der Waals surface area contributed by atoms with Crippen molar-refractivity contribution in [2.75, 3.05) is 44.8 Å². The van der Waals surface area contributed by atoms with E-state index in [0.29, 0.717) is 66.0 Å². The zero-order valence-electron chi connectivity index (χ0n) is 23.2. The maximum atomic E-state index is 13.4. The van der Waals surface area contributed by atoms with Crippen molar-refractivity contribution in [3.63, 3.8) is 0 Å². The van der Waals surface area contributed by atoms with E-state index in [9.17, 15) is 13.2 Å². The Morgan fingerprint density at radius 2 is 1.90 bits per heavy atom. The molecule has 3 heterocycles. The van der Waals surface area contributed by atoms with Crippen LogP contribution < -0.4 is 10.1 Å². The molecule has 3 aromatic rings. The molecule has 0 unspecified atom stereocenters. The molecule has 1 aliphatic carbocycles. The molecule has 1 aliphatic heterocycles. The fourth-order valence-corrected chi connectivity index (χ4v) is 6.90. The molecule has 1 aromatic carbocycles. The molecule has 2 fully saturated rings. The number of rotatable bonds is 14. The molecular formula is C28H35N5O6S2. The number of sulfone groups is 1. The van der Waals surface area contributed by atoms with E-state index in [-0.39, 0.29) is 22.0 Å². The summed E-state index contributed by atoms with van der Waals surface area (Å²) in [5.74, 6) is -0.0251. The van der Waals surface area contributed by atoms with Crippen LogP contribution in [0, 0.1) is 0 Å². The summed E-state index contributed by atoms with van der Waals surface area (Å²) < 4.78 is 36.4. The molecule has 2 aliphatic rings. The van der Waals surface area contributed by atoms with Gasteiger partial charge in [0.1, 0.15) is 10.3 Å². The van der Waals surface area contributed by atoms with Gasteiger partial charge in [-0.15, -0.1) is 0 Å². The van der Waals surface area contributed by atoms with Crippen LogP contribution in [0.25, 0.3) is 10.3 Å². The maximum Gasteiger partial charge on any atom is 0.280 e. The molecule has 41 heavy (non-hydrogen) atoms. The molecule has 0 radical (unpaired) electrons. The summed E-state index contributed by atoms with van der Waals surface area (Å²) in [6, 6.07) is 9.75. The highest BCUT2D eigenvalue weighted by atomic mass is 32.2. The minimum absolute atomic E-state index is 0.0108. The Morgan fingerprint density at radius 3 is 2.59 bits per heavy atom. The summed E-state index contributed by atoms with van der Waals surface area (Å²) in [4.78, 5) is 31.2. The van der Waals surface area contributed by atoms with Crippen LogP contribution in [0.3, 0.4) is 0 Å². The lowest BCUT2D eigenvalue weighted by Crippen LogP contribution is -2.25. The van der Waals surface area contributed by atoms with E-state index in [1.165, 1.54) is 23.5 Å². The molecule has 2 aromatic heterocycles. The monoisotopic (exact) mass is 601 g/mol. The SMILES string of the molecule is CCN(CC)CCCOc1ccc2nc(NC(=O)/C(=N/O[C@@H]3CCOC3)c3ccc(S(=O)(=O)C4CC4)cc3)sc2n1. The maximum absolute atomic E-state index is 13.4. The first-order valence-corrected chi connectivity index (χ1v) is 16.3. The minimum atomic E-state index is -3.35. The highest BCUT2D eigenvalue weighted by molar-refractivity contribution is 7.92. The van der Waals surface area contributed by atoms with E-state index in [1.807, 2.05) is 6.07 Å². The molecule has 13 heteroatoms. The van der Waals surface area contributed by atoms with Crippen LogP contribution in [-0.2, 0) is 24.2 Å². The van der Waals surface area contributed by atoms with E-state index >= 15 is 0 Å². The first kappa shape index (κ1) is 29.4. The molecule has 1 N–H and O–H groups in total. The standard InChI is InChI=1S/C28H35N5O6S2/c1-3-33(4-2)15-5-16-38-24-13-12-23-27(30-24)40-28(29-23)31-26(34)25(32-39-20-14-17-37-18-20)19-6-8-21(9-7-19)41(35,36)22-10-11-22/h6-9,12-13,20,22H,3-5,10-11,14-18H2,1-2H3,(H,29,31,34)/b32-25+/t20-/m1/s1. The molecule has 11 nitrogen and oxygen atoms in total. The quantitative estimate of drug-likeness (QED) is 0.166. The fourth-order valence-electron chi connectivity index (χ4n) is 4.42. The lowest BCUT2D eigenvalue weighted by molar-refractivity contribution is -0.110. The van der Waals surface area contributed by atoms with Crippen LogP contribution in [-0.4, -0.2) is 85.7 Å². The van der Waals surface area contributed by atoms with E-state index in [0.717, 1.165) is 26.1 Å². The molecular weight excluding hydrogens is 566 g/mol. The van der Waals surface area contributed by atoms with Crippen molar-refractivity contribution in [1.82, 2.24) is 14.9 Å². The number of fused-ring (bicyclic) bond motifs is 1. The highest BCUT2D eigenvalue weighted by Crippen LogP contribution is 2.33. The second kappa shape index (κ2) is 13.2. The lowest BCUT2D eigenvalue weighted by atomic mass is 10.1. The molecule has 1 atom stereocenters. The Kier molecular flexibility index (Phi) is 9.48. The largest absolute Gasteiger partial charge is 0.478 e. The van der Waals surface area contributed by atoms with Gasteiger partial charge in [-0.3, -0.25) is 10.1 Å². The van der Waals surface area contributed by atoms with Crippen LogP contribution in [0.4, 0.5) is 5.13 Å². The van der Waals surface area contributed by atoms with Crippen molar-refractivity contribution in [2.24, 2.45) is 5.16 Å². The van der Waals surface area contributed by atoms with Crippen molar-refractivity contribution in [2.45, 2.75) is 55.8 Å². The third kappa shape index (κ3) is 7.39. The lowest BCUT2D eigenvalue weighted by Gasteiger charge is -2.17. The Labute approximate surface area is 243 Å². The topological polar surface area (TPSA) is 132 Å². The Hall–Kier alpha value is -3.13. The van der Waals surface area contributed by atoms with Gasteiger partial charge < -0.3 is 19.2 Å². The molecule has 1 saturated heterocycles. The van der Waals surface area contributed by atoms with E-state index in [2.05, 4.69) is 39.2 Å². The van der Waals surface area contributed by atoms with Gasteiger partial charge in [0, 0.05) is 24.6 Å². The van der Waals surface area contributed by atoms with E-state index < -0.39 is 15.7 Å². The molecule has 0 spiro atoms. The van der Waals surface area contributed by atoms with Crippen molar-refractivity contribution < 1.29 is 27.5 Å². The number of nitrogens with zero attached hydrogens (tertiary/aromatic N) is 4. The van der Waals surface area contributed by atoms with Crippen molar-refractivity contribution in [3.05, 3.63) is 42.0 Å². The molecule has 5 rings (SSSR count). The number of benzene rings is 1. The third-order valence-corrected chi connectivity index (χ3v) is 10.2. The Bertz CT molecular complexity index is 1480. The normalized spacial score (nSPS) is 17.7. The number of thiazole rings is 1. The van der Waals surface area contributed by atoms with Gasteiger partial charge >= 0.3 is 0 Å². The Morgan fingerprint density at radius 1 is 1.12 bits per heavy atom. The van der Waals surface area contributed by atoms with Gasteiger partial charge in [-0.1, -0.05) is 42.5 Å². The van der Waals surface area contributed by atoms with Gasteiger partial charge in [0.2, 0.25) is 5.88 Å².